The summed E-state index contributed by atoms with van der Waals surface area (Å²) in [7, 11) is 0. The molecule has 0 bridgehead atoms. The van der Waals surface area contributed by atoms with E-state index in [1.165, 1.54) is 0 Å². The van der Waals surface area contributed by atoms with Gasteiger partial charge in [0.15, 0.2) is 6.29 Å². The van der Waals surface area contributed by atoms with Gasteiger partial charge in [-0.3, -0.25) is 0 Å². The van der Waals surface area contributed by atoms with Gasteiger partial charge in [-0.25, -0.2) is 0 Å². The Morgan fingerprint density at radius 1 is 1.62 bits per heavy atom. The zero-order chi connectivity index (χ0) is 9.84. The van der Waals surface area contributed by atoms with E-state index >= 15 is 0 Å². The third-order valence-electron chi connectivity index (χ3n) is 1.55. The van der Waals surface area contributed by atoms with Crippen LogP contribution >= 0.6 is 34.2 Å². The summed E-state index contributed by atoms with van der Waals surface area (Å²) in [4.78, 5) is 0. The first-order valence-electron chi connectivity index (χ1n) is 3.89. The molecule has 0 saturated heterocycles. The van der Waals surface area contributed by atoms with Gasteiger partial charge in [-0.2, -0.15) is 0 Å². The molecule has 0 aliphatic rings. The first-order valence-corrected chi connectivity index (χ1v) is 5.35. The zero-order valence-electron chi connectivity index (χ0n) is 7.13. The maximum absolute atomic E-state index is 9.48. The molecule has 1 N–H and O–H groups in total. The topological polar surface area (TPSA) is 29.5 Å². The van der Waals surface area contributed by atoms with Crippen LogP contribution in [-0.4, -0.2) is 11.7 Å². The molecular formula is C9H10ClIO2. The summed E-state index contributed by atoms with van der Waals surface area (Å²) in [5.41, 5.74) is 0.615. The van der Waals surface area contributed by atoms with Gasteiger partial charge in [0.1, 0.15) is 0 Å². The Kier molecular flexibility index (Phi) is 4.45. The maximum atomic E-state index is 9.48. The van der Waals surface area contributed by atoms with E-state index in [0.29, 0.717) is 17.2 Å². The lowest BCUT2D eigenvalue weighted by molar-refractivity contribution is -0.0979. The number of hydrogen-bond donors (Lipinski definition) is 1. The van der Waals surface area contributed by atoms with Crippen LogP contribution in [0.15, 0.2) is 18.2 Å². The van der Waals surface area contributed by atoms with Gasteiger partial charge in [-0.05, 0) is 41.6 Å². The van der Waals surface area contributed by atoms with Crippen LogP contribution in [0.25, 0.3) is 0 Å². The van der Waals surface area contributed by atoms with Crippen LogP contribution in [0.4, 0.5) is 0 Å². The maximum Gasteiger partial charge on any atom is 0.182 e. The lowest BCUT2D eigenvalue weighted by Gasteiger charge is -2.12. The van der Waals surface area contributed by atoms with Gasteiger partial charge in [-0.15, -0.1) is 0 Å². The number of halogens is 2. The molecule has 1 unspecified atom stereocenters. The van der Waals surface area contributed by atoms with Crippen LogP contribution in [0.2, 0.25) is 5.02 Å². The average molecular weight is 313 g/mol. The quantitative estimate of drug-likeness (QED) is 0.687. The molecule has 1 aromatic rings. The van der Waals surface area contributed by atoms with E-state index in [-0.39, 0.29) is 0 Å². The van der Waals surface area contributed by atoms with Crippen molar-refractivity contribution in [2.75, 3.05) is 6.61 Å². The summed E-state index contributed by atoms with van der Waals surface area (Å²) in [6.45, 7) is 2.29. The van der Waals surface area contributed by atoms with E-state index in [1.54, 1.807) is 12.1 Å². The van der Waals surface area contributed by atoms with Crippen LogP contribution in [0.1, 0.15) is 18.8 Å². The first kappa shape index (κ1) is 11.2. The zero-order valence-corrected chi connectivity index (χ0v) is 10.0. The van der Waals surface area contributed by atoms with Gasteiger partial charge in [0.05, 0.1) is 0 Å². The molecule has 0 fully saturated rings. The summed E-state index contributed by atoms with van der Waals surface area (Å²) in [6, 6.07) is 5.44. The van der Waals surface area contributed by atoms with Crippen molar-refractivity contribution < 1.29 is 9.84 Å². The molecule has 1 aromatic carbocycles. The highest BCUT2D eigenvalue weighted by Gasteiger charge is 2.10. The van der Waals surface area contributed by atoms with E-state index < -0.39 is 6.29 Å². The second-order valence-electron chi connectivity index (χ2n) is 2.47. The number of aliphatic hydroxyl groups excluding tert-OH is 1. The van der Waals surface area contributed by atoms with E-state index in [9.17, 15) is 5.11 Å². The fourth-order valence-electron chi connectivity index (χ4n) is 0.949. The van der Waals surface area contributed by atoms with E-state index in [2.05, 4.69) is 22.6 Å². The van der Waals surface area contributed by atoms with Crippen molar-refractivity contribution in [3.8, 4) is 0 Å². The second-order valence-corrected chi connectivity index (χ2v) is 4.13. The molecule has 13 heavy (non-hydrogen) atoms. The van der Waals surface area contributed by atoms with Crippen molar-refractivity contribution >= 4 is 34.2 Å². The standard InChI is InChI=1S/C9H10ClIO2/c1-2-13-9(12)7-4-3-6(11)5-8(7)10/h3-5,9,12H,2H2,1H3. The Hall–Kier alpha value is 0.160. The summed E-state index contributed by atoms with van der Waals surface area (Å²) < 4.78 is 6.05. The van der Waals surface area contributed by atoms with Crippen LogP contribution in [0.3, 0.4) is 0 Å². The van der Waals surface area contributed by atoms with E-state index in [0.717, 1.165) is 3.57 Å². The Morgan fingerprint density at radius 3 is 2.85 bits per heavy atom. The lowest BCUT2D eigenvalue weighted by atomic mass is 10.2. The molecular weight excluding hydrogens is 302 g/mol. The molecule has 0 aliphatic heterocycles. The number of rotatable bonds is 3. The molecule has 2 nitrogen and oxygen atoms in total. The van der Waals surface area contributed by atoms with Crippen molar-refractivity contribution in [1.29, 1.82) is 0 Å². The van der Waals surface area contributed by atoms with Gasteiger partial charge in [0.25, 0.3) is 0 Å². The van der Waals surface area contributed by atoms with Crippen molar-refractivity contribution in [3.05, 3.63) is 32.4 Å². The molecule has 0 spiro atoms. The minimum Gasteiger partial charge on any atom is -0.364 e. The molecule has 1 rings (SSSR count). The van der Waals surface area contributed by atoms with Gasteiger partial charge < -0.3 is 9.84 Å². The molecule has 0 amide bonds. The van der Waals surface area contributed by atoms with Gasteiger partial charge in [0.2, 0.25) is 0 Å². The summed E-state index contributed by atoms with van der Waals surface area (Å²) in [5.74, 6) is 0. The molecule has 0 aromatic heterocycles. The van der Waals surface area contributed by atoms with E-state index in [4.69, 9.17) is 16.3 Å². The number of aliphatic hydroxyl groups is 1. The Morgan fingerprint density at radius 2 is 2.31 bits per heavy atom. The Bertz CT molecular complexity index is 291. The highest BCUT2D eigenvalue weighted by atomic mass is 127. The minimum absolute atomic E-state index is 0.462. The van der Waals surface area contributed by atoms with Crippen molar-refractivity contribution in [3.63, 3.8) is 0 Å². The number of benzene rings is 1. The SMILES string of the molecule is CCOC(O)c1ccc(I)cc1Cl. The van der Waals surface area contributed by atoms with Crippen LogP contribution in [0.5, 0.6) is 0 Å². The molecule has 0 saturated carbocycles. The molecule has 0 radical (unpaired) electrons. The minimum atomic E-state index is -0.922. The fourth-order valence-corrected chi connectivity index (χ4v) is 1.90. The average Bonchev–Trinajstić information content (AvgIpc) is 2.04. The third-order valence-corrected chi connectivity index (χ3v) is 2.55. The normalized spacial score (nSPS) is 12.9. The molecule has 4 heteroatoms. The van der Waals surface area contributed by atoms with Crippen LogP contribution in [0, 0.1) is 3.57 Å². The fraction of sp³-hybridized carbons (Fsp3) is 0.333. The smallest absolute Gasteiger partial charge is 0.182 e. The molecule has 72 valence electrons. The second kappa shape index (κ2) is 5.14. The number of hydrogen-bond acceptors (Lipinski definition) is 2. The van der Waals surface area contributed by atoms with Gasteiger partial charge in [0, 0.05) is 20.8 Å². The first-order chi connectivity index (χ1) is 6.15. The van der Waals surface area contributed by atoms with Crippen molar-refractivity contribution in [2.24, 2.45) is 0 Å². The van der Waals surface area contributed by atoms with Crippen molar-refractivity contribution in [2.45, 2.75) is 13.2 Å². The summed E-state index contributed by atoms with van der Waals surface area (Å²) in [6.07, 6.45) is -0.922. The van der Waals surface area contributed by atoms with Gasteiger partial charge in [-0.1, -0.05) is 17.7 Å². The molecule has 0 aliphatic carbocycles. The summed E-state index contributed by atoms with van der Waals surface area (Å²) >= 11 is 8.08. The Labute approximate surface area is 96.0 Å². The monoisotopic (exact) mass is 312 g/mol. The van der Waals surface area contributed by atoms with Crippen LogP contribution < -0.4 is 0 Å². The van der Waals surface area contributed by atoms with E-state index in [1.807, 2.05) is 13.0 Å². The van der Waals surface area contributed by atoms with Crippen LogP contribution in [-0.2, 0) is 4.74 Å². The van der Waals surface area contributed by atoms with Crippen molar-refractivity contribution in [1.82, 2.24) is 0 Å². The predicted octanol–water partition coefficient (Wildman–Crippen LogP) is 2.97. The third kappa shape index (κ3) is 3.09. The molecule has 0 heterocycles. The number of ether oxygens (including phenoxy) is 1. The lowest BCUT2D eigenvalue weighted by Crippen LogP contribution is -2.03. The Balaban J connectivity index is 2.88. The highest BCUT2D eigenvalue weighted by molar-refractivity contribution is 14.1. The highest BCUT2D eigenvalue weighted by Crippen LogP contribution is 2.25. The summed E-state index contributed by atoms with van der Waals surface area (Å²) in [5, 5.41) is 10.0. The molecule has 1 atom stereocenters. The van der Waals surface area contributed by atoms with Gasteiger partial charge >= 0.3 is 0 Å². The predicted molar refractivity (Wildman–Crippen MR) is 60.8 cm³/mol. The largest absolute Gasteiger partial charge is 0.364 e.